The predicted molar refractivity (Wildman–Crippen MR) is 106 cm³/mol. The lowest BCUT2D eigenvalue weighted by molar-refractivity contribution is 0.0939. The van der Waals surface area contributed by atoms with Gasteiger partial charge in [0.15, 0.2) is 5.82 Å². The fourth-order valence-electron chi connectivity index (χ4n) is 3.85. The Morgan fingerprint density at radius 3 is 2.93 bits per heavy atom. The van der Waals surface area contributed by atoms with Gasteiger partial charge < -0.3 is 20.1 Å². The molecule has 1 saturated heterocycles. The van der Waals surface area contributed by atoms with Crippen LogP contribution in [0.3, 0.4) is 0 Å². The summed E-state index contributed by atoms with van der Waals surface area (Å²) in [6.45, 7) is 6.75. The minimum Gasteiger partial charge on any atom is -0.493 e. The Morgan fingerprint density at radius 1 is 1.32 bits per heavy atom. The monoisotopic (exact) mass is 385 g/mol. The summed E-state index contributed by atoms with van der Waals surface area (Å²) >= 11 is 0. The minimum atomic E-state index is -0.251. The Bertz CT molecular complexity index is 829. The summed E-state index contributed by atoms with van der Waals surface area (Å²) in [4.78, 5) is 16.6. The second kappa shape index (κ2) is 8.20. The molecule has 4 rings (SSSR count). The SMILES string of the molecule is CC(c1ccc2c(c1)OCC2)N1CCN(c2cc(C(=O)NCCO)[nH]n2)CC1. The van der Waals surface area contributed by atoms with Crippen LogP contribution < -0.4 is 15.0 Å². The van der Waals surface area contributed by atoms with Crippen LogP contribution in [-0.2, 0) is 6.42 Å². The molecule has 2 aliphatic heterocycles. The van der Waals surface area contributed by atoms with Crippen LogP contribution in [0.25, 0.3) is 0 Å². The van der Waals surface area contributed by atoms with Gasteiger partial charge in [0.05, 0.1) is 13.2 Å². The number of carbonyl (C=O) groups is 1. The molecule has 1 unspecified atom stereocenters. The van der Waals surface area contributed by atoms with Crippen molar-refractivity contribution in [2.75, 3.05) is 50.8 Å². The first-order chi connectivity index (χ1) is 13.7. The second-order valence-corrected chi connectivity index (χ2v) is 7.28. The first kappa shape index (κ1) is 18.8. The van der Waals surface area contributed by atoms with Gasteiger partial charge in [0.1, 0.15) is 11.4 Å². The fourth-order valence-corrected chi connectivity index (χ4v) is 3.85. The molecule has 1 atom stereocenters. The molecule has 0 spiro atoms. The molecule has 28 heavy (non-hydrogen) atoms. The molecule has 1 aromatic heterocycles. The number of ether oxygens (including phenoxy) is 1. The Kier molecular flexibility index (Phi) is 5.50. The highest BCUT2D eigenvalue weighted by Crippen LogP contribution is 2.31. The van der Waals surface area contributed by atoms with Crippen molar-refractivity contribution in [3.05, 3.63) is 41.1 Å². The van der Waals surface area contributed by atoms with Gasteiger partial charge >= 0.3 is 0 Å². The van der Waals surface area contributed by atoms with E-state index in [1.165, 1.54) is 11.1 Å². The van der Waals surface area contributed by atoms with Gasteiger partial charge in [-0.05, 0) is 24.1 Å². The lowest BCUT2D eigenvalue weighted by Crippen LogP contribution is -2.47. The highest BCUT2D eigenvalue weighted by Gasteiger charge is 2.25. The summed E-state index contributed by atoms with van der Waals surface area (Å²) in [6, 6.07) is 8.69. The Hall–Kier alpha value is -2.58. The summed E-state index contributed by atoms with van der Waals surface area (Å²) in [6.07, 6.45) is 1.01. The number of piperazine rings is 1. The molecular formula is C20H27N5O3. The maximum Gasteiger partial charge on any atom is 0.269 e. The number of nitrogens with zero attached hydrogens (tertiary/aromatic N) is 3. The van der Waals surface area contributed by atoms with Crippen molar-refractivity contribution in [1.29, 1.82) is 0 Å². The molecule has 0 bridgehead atoms. The summed E-state index contributed by atoms with van der Waals surface area (Å²) < 4.78 is 5.71. The normalized spacial score (nSPS) is 17.9. The molecule has 2 aromatic rings. The van der Waals surface area contributed by atoms with Crippen molar-refractivity contribution in [3.63, 3.8) is 0 Å². The van der Waals surface area contributed by atoms with E-state index in [1.54, 1.807) is 6.07 Å². The summed E-state index contributed by atoms with van der Waals surface area (Å²) in [5.41, 5.74) is 3.01. The number of fused-ring (bicyclic) bond motifs is 1. The largest absolute Gasteiger partial charge is 0.493 e. The Labute approximate surface area is 164 Å². The van der Waals surface area contributed by atoms with Crippen LogP contribution in [0.15, 0.2) is 24.3 Å². The third-order valence-corrected chi connectivity index (χ3v) is 5.59. The van der Waals surface area contributed by atoms with Gasteiger partial charge in [-0.3, -0.25) is 14.8 Å². The Balaban J connectivity index is 1.34. The topological polar surface area (TPSA) is 93.7 Å². The van der Waals surface area contributed by atoms with Gasteiger partial charge in [-0.25, -0.2) is 0 Å². The molecule has 1 aromatic carbocycles. The number of H-pyrrole nitrogens is 1. The molecule has 8 nitrogen and oxygen atoms in total. The van der Waals surface area contributed by atoms with E-state index < -0.39 is 0 Å². The second-order valence-electron chi connectivity index (χ2n) is 7.28. The predicted octanol–water partition coefficient (Wildman–Crippen LogP) is 0.950. The fraction of sp³-hybridized carbons (Fsp3) is 0.500. The molecule has 0 aliphatic carbocycles. The average Bonchev–Trinajstić information content (AvgIpc) is 3.40. The van der Waals surface area contributed by atoms with E-state index in [-0.39, 0.29) is 19.1 Å². The lowest BCUT2D eigenvalue weighted by atomic mass is 10.0. The van der Waals surface area contributed by atoms with Gasteiger partial charge in [-0.1, -0.05) is 12.1 Å². The van der Waals surface area contributed by atoms with Gasteiger partial charge in [0, 0.05) is 51.3 Å². The number of benzene rings is 1. The zero-order valence-corrected chi connectivity index (χ0v) is 16.1. The van der Waals surface area contributed by atoms with Crippen molar-refractivity contribution >= 4 is 11.7 Å². The highest BCUT2D eigenvalue weighted by atomic mass is 16.5. The number of anilines is 1. The van der Waals surface area contributed by atoms with E-state index in [2.05, 4.69) is 50.4 Å². The van der Waals surface area contributed by atoms with E-state index in [0.717, 1.165) is 50.8 Å². The third-order valence-electron chi connectivity index (χ3n) is 5.59. The lowest BCUT2D eigenvalue weighted by Gasteiger charge is -2.38. The van der Waals surface area contributed by atoms with Crippen LogP contribution in [-0.4, -0.2) is 72.0 Å². The van der Waals surface area contributed by atoms with Crippen molar-refractivity contribution in [2.24, 2.45) is 0 Å². The van der Waals surface area contributed by atoms with Crippen LogP contribution in [0, 0.1) is 0 Å². The molecule has 0 radical (unpaired) electrons. The number of aromatic nitrogens is 2. The maximum atomic E-state index is 11.9. The number of aliphatic hydroxyl groups excluding tert-OH is 1. The molecule has 1 fully saturated rings. The van der Waals surface area contributed by atoms with Crippen LogP contribution in [0.2, 0.25) is 0 Å². The number of nitrogens with one attached hydrogen (secondary N) is 2. The van der Waals surface area contributed by atoms with Crippen molar-refractivity contribution in [2.45, 2.75) is 19.4 Å². The van der Waals surface area contributed by atoms with Gasteiger partial charge in [-0.15, -0.1) is 0 Å². The first-order valence-corrected chi connectivity index (χ1v) is 9.85. The van der Waals surface area contributed by atoms with Gasteiger partial charge in [-0.2, -0.15) is 5.10 Å². The number of carbonyl (C=O) groups excluding carboxylic acids is 1. The zero-order valence-electron chi connectivity index (χ0n) is 16.1. The molecule has 150 valence electrons. The van der Waals surface area contributed by atoms with Gasteiger partial charge in [0.25, 0.3) is 5.91 Å². The quantitative estimate of drug-likeness (QED) is 0.686. The van der Waals surface area contributed by atoms with Crippen LogP contribution in [0.5, 0.6) is 5.75 Å². The maximum absolute atomic E-state index is 11.9. The van der Waals surface area contributed by atoms with Crippen molar-refractivity contribution < 1.29 is 14.6 Å². The smallest absolute Gasteiger partial charge is 0.269 e. The first-order valence-electron chi connectivity index (χ1n) is 9.85. The summed E-state index contributed by atoms with van der Waals surface area (Å²) in [5, 5.41) is 18.5. The zero-order chi connectivity index (χ0) is 19.5. The number of aliphatic hydroxyl groups is 1. The average molecular weight is 385 g/mol. The number of rotatable bonds is 6. The number of hydrogen-bond donors (Lipinski definition) is 3. The van der Waals surface area contributed by atoms with E-state index in [9.17, 15) is 4.79 Å². The van der Waals surface area contributed by atoms with Crippen LogP contribution >= 0.6 is 0 Å². The van der Waals surface area contributed by atoms with E-state index >= 15 is 0 Å². The third kappa shape index (κ3) is 3.83. The van der Waals surface area contributed by atoms with Crippen LogP contribution in [0.4, 0.5) is 5.82 Å². The van der Waals surface area contributed by atoms with E-state index in [1.807, 2.05) is 0 Å². The van der Waals surface area contributed by atoms with E-state index in [0.29, 0.717) is 11.7 Å². The number of amides is 1. The molecule has 2 aliphatic rings. The molecule has 0 saturated carbocycles. The van der Waals surface area contributed by atoms with Crippen LogP contribution in [0.1, 0.15) is 34.6 Å². The summed E-state index contributed by atoms with van der Waals surface area (Å²) in [5.74, 6) is 1.57. The number of aromatic amines is 1. The van der Waals surface area contributed by atoms with Gasteiger partial charge in [0.2, 0.25) is 0 Å². The molecule has 3 heterocycles. The minimum absolute atomic E-state index is 0.0801. The molecule has 1 amide bonds. The van der Waals surface area contributed by atoms with E-state index in [4.69, 9.17) is 9.84 Å². The Morgan fingerprint density at radius 2 is 2.14 bits per heavy atom. The molecular weight excluding hydrogens is 358 g/mol. The number of hydrogen-bond acceptors (Lipinski definition) is 6. The van der Waals surface area contributed by atoms with Crippen molar-refractivity contribution in [3.8, 4) is 5.75 Å². The highest BCUT2D eigenvalue weighted by molar-refractivity contribution is 5.93. The van der Waals surface area contributed by atoms with Crippen molar-refractivity contribution in [1.82, 2.24) is 20.4 Å². The standard InChI is InChI=1S/C20H27N5O3/c1-14(16-3-2-15-4-11-28-18(15)12-16)24-6-8-25(9-7-24)19-13-17(22-23-19)20(27)21-5-10-26/h2-3,12-14,26H,4-11H2,1H3,(H,21,27)(H,22,23). The molecule has 3 N–H and O–H groups in total. The summed E-state index contributed by atoms with van der Waals surface area (Å²) in [7, 11) is 0. The molecule has 8 heteroatoms.